The molecule has 0 fully saturated rings. The highest BCUT2D eigenvalue weighted by molar-refractivity contribution is 5.95. The molecule has 5 nitrogen and oxygen atoms in total. The summed E-state index contributed by atoms with van der Waals surface area (Å²) in [6, 6.07) is 1.40. The molecular weight excluding hydrogens is 258 g/mol. The van der Waals surface area contributed by atoms with Crippen LogP contribution in [0.1, 0.15) is 30.6 Å². The van der Waals surface area contributed by atoms with Crippen LogP contribution < -0.4 is 5.32 Å². The van der Waals surface area contributed by atoms with Crippen LogP contribution in [0.2, 0.25) is 0 Å². The maximum atomic E-state index is 13.7. The van der Waals surface area contributed by atoms with Gasteiger partial charge >= 0.3 is 5.69 Å². The number of nitro benzene ring substituents is 1. The quantitative estimate of drug-likeness (QED) is 0.661. The van der Waals surface area contributed by atoms with Crippen LogP contribution in [0.5, 0.6) is 0 Å². The molecule has 0 aliphatic heterocycles. The van der Waals surface area contributed by atoms with Crippen LogP contribution >= 0.6 is 0 Å². The van der Waals surface area contributed by atoms with Crippen molar-refractivity contribution in [2.45, 2.75) is 20.3 Å². The predicted octanol–water partition coefficient (Wildman–Crippen LogP) is 2.65. The van der Waals surface area contributed by atoms with Crippen molar-refractivity contribution in [2.24, 2.45) is 5.92 Å². The predicted molar refractivity (Wildman–Crippen MR) is 64.8 cm³/mol. The molecule has 0 aromatic heterocycles. The number of nitrogens with one attached hydrogen (secondary N) is 1. The normalized spacial score (nSPS) is 10.6. The van der Waals surface area contributed by atoms with Crippen molar-refractivity contribution in [1.29, 1.82) is 0 Å². The fourth-order valence-electron chi connectivity index (χ4n) is 1.45. The molecule has 0 spiro atoms. The molecule has 0 atom stereocenters. The van der Waals surface area contributed by atoms with Gasteiger partial charge in [0.2, 0.25) is 5.82 Å². The topological polar surface area (TPSA) is 72.2 Å². The number of nitrogens with zero attached hydrogens (tertiary/aromatic N) is 1. The van der Waals surface area contributed by atoms with Crippen molar-refractivity contribution >= 4 is 11.6 Å². The van der Waals surface area contributed by atoms with Gasteiger partial charge in [0.1, 0.15) is 11.4 Å². The molecule has 7 heteroatoms. The molecule has 1 N–H and O–H groups in total. The summed E-state index contributed by atoms with van der Waals surface area (Å²) in [6.45, 7) is 4.11. The van der Waals surface area contributed by atoms with Gasteiger partial charge in [0.05, 0.1) is 4.92 Å². The minimum atomic E-state index is -1.45. The van der Waals surface area contributed by atoms with Crippen LogP contribution in [0.3, 0.4) is 0 Å². The smallest absolute Gasteiger partial charge is 0.305 e. The van der Waals surface area contributed by atoms with Crippen molar-refractivity contribution in [3.8, 4) is 0 Å². The minimum Gasteiger partial charge on any atom is -0.352 e. The second kappa shape index (κ2) is 6.21. The molecule has 0 aliphatic rings. The summed E-state index contributed by atoms with van der Waals surface area (Å²) in [4.78, 5) is 21.2. The van der Waals surface area contributed by atoms with Crippen molar-refractivity contribution in [3.05, 3.63) is 39.4 Å². The monoisotopic (exact) mass is 272 g/mol. The van der Waals surface area contributed by atoms with E-state index in [-0.39, 0.29) is 6.54 Å². The number of halogens is 2. The third-order valence-electron chi connectivity index (χ3n) is 2.50. The first-order valence-electron chi connectivity index (χ1n) is 5.75. The van der Waals surface area contributed by atoms with Crippen LogP contribution in [0.15, 0.2) is 12.1 Å². The van der Waals surface area contributed by atoms with Crippen molar-refractivity contribution < 1.29 is 18.5 Å². The fraction of sp³-hybridized carbons (Fsp3) is 0.417. The molecular formula is C12H14F2N2O3. The van der Waals surface area contributed by atoms with E-state index in [1.165, 1.54) is 0 Å². The van der Waals surface area contributed by atoms with E-state index in [0.717, 1.165) is 0 Å². The highest BCUT2D eigenvalue weighted by atomic mass is 19.1. The molecule has 104 valence electrons. The van der Waals surface area contributed by atoms with Gasteiger partial charge < -0.3 is 5.32 Å². The van der Waals surface area contributed by atoms with Gasteiger partial charge in [-0.05, 0) is 18.4 Å². The molecule has 0 heterocycles. The Morgan fingerprint density at radius 2 is 2.05 bits per heavy atom. The van der Waals surface area contributed by atoms with Gasteiger partial charge in [0.15, 0.2) is 0 Å². The Labute approximate surface area is 108 Å². The standard InChI is InChI=1S/C12H14F2N2O3/c1-7(2)5-6-15-12(17)10-8(13)3-4-9(11(10)14)16(18)19/h3-4,7H,5-6H2,1-2H3,(H,15,17). The van der Waals surface area contributed by atoms with Crippen molar-refractivity contribution in [2.75, 3.05) is 6.54 Å². The Balaban J connectivity index is 2.96. The molecule has 1 amide bonds. The number of amides is 1. The van der Waals surface area contributed by atoms with Gasteiger partial charge in [-0.1, -0.05) is 13.8 Å². The lowest BCUT2D eigenvalue weighted by atomic mass is 10.1. The van der Waals surface area contributed by atoms with Gasteiger partial charge in [-0.3, -0.25) is 14.9 Å². The largest absolute Gasteiger partial charge is 0.352 e. The summed E-state index contributed by atoms with van der Waals surface area (Å²) in [5.41, 5.74) is -1.84. The lowest BCUT2D eigenvalue weighted by molar-refractivity contribution is -0.387. The molecule has 0 bridgehead atoms. The average molecular weight is 272 g/mol. The summed E-state index contributed by atoms with van der Waals surface area (Å²) >= 11 is 0. The van der Waals surface area contributed by atoms with Crippen LogP contribution in [0.4, 0.5) is 14.5 Å². The van der Waals surface area contributed by atoms with E-state index in [4.69, 9.17) is 0 Å². The molecule has 0 saturated carbocycles. The SMILES string of the molecule is CC(C)CCNC(=O)c1c(F)ccc([N+](=O)[O-])c1F. The number of benzene rings is 1. The zero-order chi connectivity index (χ0) is 14.6. The number of carbonyl (C=O) groups is 1. The van der Waals surface area contributed by atoms with Crippen LogP contribution in [0, 0.1) is 27.7 Å². The second-order valence-corrected chi connectivity index (χ2v) is 4.45. The molecule has 0 unspecified atom stereocenters. The molecule has 19 heavy (non-hydrogen) atoms. The Bertz CT molecular complexity index is 504. The Kier molecular flexibility index (Phi) is 4.91. The van der Waals surface area contributed by atoms with Gasteiger partial charge in [-0.25, -0.2) is 4.39 Å². The molecule has 0 saturated heterocycles. The fourth-order valence-corrected chi connectivity index (χ4v) is 1.45. The average Bonchev–Trinajstić information content (AvgIpc) is 2.27. The molecule has 1 rings (SSSR count). The summed E-state index contributed by atoms with van der Waals surface area (Å²) in [5, 5.41) is 12.9. The van der Waals surface area contributed by atoms with Crippen molar-refractivity contribution in [3.63, 3.8) is 0 Å². The first kappa shape index (κ1) is 15.0. The van der Waals surface area contributed by atoms with Gasteiger partial charge in [-0.2, -0.15) is 4.39 Å². The molecule has 1 aromatic rings. The first-order chi connectivity index (χ1) is 8.84. The number of hydrogen-bond donors (Lipinski definition) is 1. The number of nitro groups is 1. The van der Waals surface area contributed by atoms with E-state index in [1.54, 1.807) is 0 Å². The lowest BCUT2D eigenvalue weighted by Crippen LogP contribution is -2.27. The van der Waals surface area contributed by atoms with Gasteiger partial charge in [0.25, 0.3) is 5.91 Å². The van der Waals surface area contributed by atoms with E-state index in [1.807, 2.05) is 13.8 Å². The molecule has 0 aliphatic carbocycles. The Morgan fingerprint density at radius 1 is 1.42 bits per heavy atom. The number of rotatable bonds is 5. The highest BCUT2D eigenvalue weighted by Gasteiger charge is 2.25. The summed E-state index contributed by atoms with van der Waals surface area (Å²) in [7, 11) is 0. The molecule has 1 aromatic carbocycles. The summed E-state index contributed by atoms with van der Waals surface area (Å²) in [6.07, 6.45) is 0.643. The van der Waals surface area contributed by atoms with E-state index < -0.39 is 33.7 Å². The number of hydrogen-bond acceptors (Lipinski definition) is 3. The summed E-state index contributed by atoms with van der Waals surface area (Å²) in [5.74, 6) is -3.24. The third kappa shape index (κ3) is 3.70. The van der Waals surface area contributed by atoms with Gasteiger partial charge in [-0.15, -0.1) is 0 Å². The maximum absolute atomic E-state index is 13.7. The van der Waals surface area contributed by atoms with Crippen LogP contribution in [-0.4, -0.2) is 17.4 Å². The first-order valence-corrected chi connectivity index (χ1v) is 5.75. The second-order valence-electron chi connectivity index (χ2n) is 4.45. The minimum absolute atomic E-state index is 0.248. The van der Waals surface area contributed by atoms with Crippen molar-refractivity contribution in [1.82, 2.24) is 5.32 Å². The third-order valence-corrected chi connectivity index (χ3v) is 2.50. The Hall–Kier alpha value is -2.05. The maximum Gasteiger partial charge on any atom is 0.305 e. The van der Waals surface area contributed by atoms with E-state index in [9.17, 15) is 23.7 Å². The molecule has 0 radical (unpaired) electrons. The lowest BCUT2D eigenvalue weighted by Gasteiger charge is -2.08. The zero-order valence-corrected chi connectivity index (χ0v) is 10.6. The zero-order valence-electron chi connectivity index (χ0n) is 10.6. The highest BCUT2D eigenvalue weighted by Crippen LogP contribution is 2.22. The van der Waals surface area contributed by atoms with E-state index in [0.29, 0.717) is 24.5 Å². The summed E-state index contributed by atoms with van der Waals surface area (Å²) < 4.78 is 27.1. The van der Waals surface area contributed by atoms with E-state index in [2.05, 4.69) is 5.32 Å². The van der Waals surface area contributed by atoms with Crippen LogP contribution in [0.25, 0.3) is 0 Å². The Morgan fingerprint density at radius 3 is 2.58 bits per heavy atom. The van der Waals surface area contributed by atoms with Gasteiger partial charge in [0, 0.05) is 12.6 Å². The van der Waals surface area contributed by atoms with Crippen LogP contribution in [-0.2, 0) is 0 Å². The van der Waals surface area contributed by atoms with E-state index >= 15 is 0 Å². The number of carbonyl (C=O) groups excluding carboxylic acids is 1.